The number of hydrogen-bond acceptors (Lipinski definition) is 5. The van der Waals surface area contributed by atoms with Gasteiger partial charge >= 0.3 is 0 Å². The molecule has 5 N–H and O–H groups in total. The van der Waals surface area contributed by atoms with E-state index in [1.807, 2.05) is 0 Å². The van der Waals surface area contributed by atoms with Gasteiger partial charge in [-0.15, -0.1) is 0 Å². The first-order valence-electron chi connectivity index (χ1n) is 8.49. The van der Waals surface area contributed by atoms with Crippen molar-refractivity contribution in [2.75, 3.05) is 24.7 Å². The van der Waals surface area contributed by atoms with Gasteiger partial charge in [-0.25, -0.2) is 4.39 Å². The fraction of sp³-hybridized carbons (Fsp3) is 0.444. The van der Waals surface area contributed by atoms with Crippen LogP contribution in [0.25, 0.3) is 0 Å². The van der Waals surface area contributed by atoms with Crippen molar-refractivity contribution in [3.63, 3.8) is 0 Å². The van der Waals surface area contributed by atoms with E-state index >= 15 is 0 Å². The van der Waals surface area contributed by atoms with Crippen molar-refractivity contribution in [1.29, 1.82) is 5.41 Å². The molecule has 1 heterocycles. The Hall–Kier alpha value is -2.41. The number of amides is 1. The molecule has 1 amide bonds. The summed E-state index contributed by atoms with van der Waals surface area (Å²) in [6.07, 6.45) is 5.50. The largest absolute Gasteiger partial charge is 0.366 e. The van der Waals surface area contributed by atoms with Gasteiger partial charge in [-0.05, 0) is 57.8 Å². The van der Waals surface area contributed by atoms with Crippen LogP contribution in [0.15, 0.2) is 23.5 Å². The lowest BCUT2D eigenvalue weighted by molar-refractivity contribution is 0.100. The van der Waals surface area contributed by atoms with Crippen LogP contribution < -0.4 is 16.4 Å². The molecular formula is C18H24FN5O. The highest BCUT2D eigenvalue weighted by atomic mass is 19.1. The van der Waals surface area contributed by atoms with Gasteiger partial charge in [0.15, 0.2) is 0 Å². The molecular weight excluding hydrogens is 321 g/mol. The minimum Gasteiger partial charge on any atom is -0.366 e. The van der Waals surface area contributed by atoms with Gasteiger partial charge in [-0.1, -0.05) is 0 Å². The first kappa shape index (κ1) is 17.4. The Bertz CT molecular complexity index is 735. The smallest absolute Gasteiger partial charge is 0.250 e. The maximum Gasteiger partial charge on any atom is 0.250 e. The Morgan fingerprint density at radius 3 is 2.52 bits per heavy atom. The first-order valence-corrected chi connectivity index (χ1v) is 8.49. The topological polar surface area (TPSA) is 94.2 Å². The number of nitrogens with two attached hydrogens (primary N) is 1. The fourth-order valence-corrected chi connectivity index (χ4v) is 3.77. The van der Waals surface area contributed by atoms with E-state index in [1.165, 1.54) is 12.3 Å². The van der Waals surface area contributed by atoms with E-state index in [9.17, 15) is 9.18 Å². The van der Waals surface area contributed by atoms with Crippen molar-refractivity contribution < 1.29 is 9.18 Å². The molecule has 25 heavy (non-hydrogen) atoms. The van der Waals surface area contributed by atoms with Gasteiger partial charge in [0.05, 0.1) is 16.9 Å². The number of halogens is 1. The molecule has 0 bridgehead atoms. The average molecular weight is 345 g/mol. The van der Waals surface area contributed by atoms with Crippen LogP contribution in [0.5, 0.6) is 0 Å². The van der Waals surface area contributed by atoms with E-state index in [2.05, 4.69) is 29.6 Å². The molecule has 1 fully saturated rings. The van der Waals surface area contributed by atoms with E-state index in [-0.39, 0.29) is 11.5 Å². The van der Waals surface area contributed by atoms with Gasteiger partial charge < -0.3 is 26.7 Å². The summed E-state index contributed by atoms with van der Waals surface area (Å²) in [4.78, 5) is 13.8. The molecule has 1 aliphatic carbocycles. The average Bonchev–Trinajstić information content (AvgIpc) is 2.98. The summed E-state index contributed by atoms with van der Waals surface area (Å²) in [7, 11) is 4.19. The van der Waals surface area contributed by atoms with Crippen LogP contribution in [-0.2, 0) is 0 Å². The molecule has 0 spiro atoms. The van der Waals surface area contributed by atoms with Crippen LogP contribution in [0.3, 0.4) is 0 Å². The third-order valence-electron chi connectivity index (χ3n) is 5.19. The first-order chi connectivity index (χ1) is 11.9. The highest BCUT2D eigenvalue weighted by molar-refractivity contribution is 6.04. The van der Waals surface area contributed by atoms with E-state index < -0.39 is 11.7 Å². The van der Waals surface area contributed by atoms with Crippen LogP contribution in [0, 0.1) is 17.1 Å². The van der Waals surface area contributed by atoms with Gasteiger partial charge in [-0.3, -0.25) is 4.79 Å². The quantitative estimate of drug-likeness (QED) is 0.631. The zero-order chi connectivity index (χ0) is 18.1. The standard InChI is InChI=1S/C18H24FN5O/c1-24(2)12-5-3-10(4-6-12)14(9-20)18-22-15-8-11(19)7-13(17(21)25)16(15)23-18/h7-10,12,20,22-23H,3-6H2,1-2H3,(H2,21,25)/b18-14+,20-9?. The molecule has 6 nitrogen and oxygen atoms in total. The maximum atomic E-state index is 13.7. The van der Waals surface area contributed by atoms with Gasteiger partial charge in [0.2, 0.25) is 0 Å². The minimum atomic E-state index is -0.686. The summed E-state index contributed by atoms with van der Waals surface area (Å²) in [5.74, 6) is -0.300. The summed E-state index contributed by atoms with van der Waals surface area (Å²) in [5, 5.41) is 14.1. The van der Waals surface area contributed by atoms with Crippen molar-refractivity contribution in [3.8, 4) is 0 Å². The zero-order valence-electron chi connectivity index (χ0n) is 14.5. The Morgan fingerprint density at radius 1 is 1.28 bits per heavy atom. The number of anilines is 2. The number of nitrogens with zero attached hydrogens (tertiary/aromatic N) is 1. The zero-order valence-corrected chi connectivity index (χ0v) is 14.5. The van der Waals surface area contributed by atoms with Crippen LogP contribution in [-0.4, -0.2) is 37.2 Å². The second kappa shape index (κ2) is 6.84. The van der Waals surface area contributed by atoms with Gasteiger partial charge in [0.25, 0.3) is 5.91 Å². The normalized spacial score (nSPS) is 24.3. The second-order valence-electron chi connectivity index (χ2n) is 6.93. The van der Waals surface area contributed by atoms with E-state index in [0.29, 0.717) is 23.2 Å². The van der Waals surface area contributed by atoms with Crippen LogP contribution >= 0.6 is 0 Å². The summed E-state index contributed by atoms with van der Waals surface area (Å²) >= 11 is 0. The molecule has 0 radical (unpaired) electrons. The lowest BCUT2D eigenvalue weighted by Crippen LogP contribution is -2.33. The minimum absolute atomic E-state index is 0.109. The predicted molar refractivity (Wildman–Crippen MR) is 97.4 cm³/mol. The molecule has 1 saturated carbocycles. The molecule has 134 valence electrons. The number of carbonyl (C=O) groups is 1. The van der Waals surface area contributed by atoms with E-state index in [0.717, 1.165) is 37.3 Å². The number of carbonyl (C=O) groups excluding carboxylic acids is 1. The number of hydrogen-bond donors (Lipinski definition) is 4. The fourth-order valence-electron chi connectivity index (χ4n) is 3.77. The van der Waals surface area contributed by atoms with Crippen molar-refractivity contribution in [2.45, 2.75) is 31.7 Å². The number of nitrogens with one attached hydrogen (secondary N) is 3. The van der Waals surface area contributed by atoms with E-state index in [4.69, 9.17) is 11.1 Å². The van der Waals surface area contributed by atoms with Crippen LogP contribution in [0.1, 0.15) is 36.0 Å². The Kier molecular flexibility index (Phi) is 4.76. The molecule has 1 aliphatic heterocycles. The third-order valence-corrected chi connectivity index (χ3v) is 5.19. The molecule has 0 aromatic heterocycles. The lowest BCUT2D eigenvalue weighted by atomic mass is 9.81. The Labute approximate surface area is 146 Å². The molecule has 0 saturated heterocycles. The second-order valence-corrected chi connectivity index (χ2v) is 6.93. The number of benzene rings is 1. The molecule has 1 aromatic carbocycles. The van der Waals surface area contributed by atoms with Crippen molar-refractivity contribution in [3.05, 3.63) is 34.9 Å². The van der Waals surface area contributed by atoms with Crippen molar-refractivity contribution >= 4 is 23.5 Å². The molecule has 2 aliphatic rings. The molecule has 1 aromatic rings. The summed E-state index contributed by atoms with van der Waals surface area (Å²) in [6, 6.07) is 3.03. The van der Waals surface area contributed by atoms with E-state index in [1.54, 1.807) is 0 Å². The molecule has 7 heteroatoms. The maximum absolute atomic E-state index is 13.7. The van der Waals surface area contributed by atoms with Crippen LogP contribution in [0.2, 0.25) is 0 Å². The van der Waals surface area contributed by atoms with Gasteiger partial charge in [-0.2, -0.15) is 0 Å². The number of allylic oxidation sites excluding steroid dienone is 1. The Balaban J connectivity index is 1.86. The Morgan fingerprint density at radius 2 is 1.96 bits per heavy atom. The number of fused-ring (bicyclic) bond motifs is 1. The molecule has 3 rings (SSSR count). The molecule has 0 atom stereocenters. The monoisotopic (exact) mass is 345 g/mol. The van der Waals surface area contributed by atoms with Gasteiger partial charge in [0, 0.05) is 17.8 Å². The van der Waals surface area contributed by atoms with Gasteiger partial charge in [0.1, 0.15) is 11.6 Å². The summed E-state index contributed by atoms with van der Waals surface area (Å²) in [6.45, 7) is 0. The van der Waals surface area contributed by atoms with Crippen molar-refractivity contribution in [1.82, 2.24) is 4.90 Å². The number of primary amides is 1. The summed E-state index contributed by atoms with van der Waals surface area (Å²) < 4.78 is 13.7. The van der Waals surface area contributed by atoms with Crippen LogP contribution in [0.4, 0.5) is 15.8 Å². The van der Waals surface area contributed by atoms with Crippen molar-refractivity contribution in [2.24, 2.45) is 11.7 Å². The highest BCUT2D eigenvalue weighted by Gasteiger charge is 2.29. The third kappa shape index (κ3) is 3.37. The number of rotatable bonds is 4. The SMILES string of the molecule is CN(C)C1CCC(/C(C=N)=C2\Nc3cc(F)cc(C(N)=O)c3N2)CC1. The lowest BCUT2D eigenvalue weighted by Gasteiger charge is -2.33. The predicted octanol–water partition coefficient (Wildman–Crippen LogP) is 2.74. The summed E-state index contributed by atoms with van der Waals surface area (Å²) in [5.41, 5.74) is 7.27. The highest BCUT2D eigenvalue weighted by Crippen LogP contribution is 2.39. The molecule has 0 unspecified atom stereocenters.